The normalized spacial score (nSPS) is 19.2. The predicted molar refractivity (Wildman–Crippen MR) is 75.7 cm³/mol. The molecule has 104 valence electrons. The maximum atomic E-state index is 10.6. The van der Waals surface area contributed by atoms with E-state index < -0.39 is 6.10 Å². The Morgan fingerprint density at radius 1 is 1.30 bits per heavy atom. The molecule has 4 nitrogen and oxygen atoms in total. The minimum Gasteiger partial charge on any atom is -0.481 e. The number of nitrogens with zero attached hydrogens (tertiary/aromatic N) is 2. The molecule has 0 spiro atoms. The van der Waals surface area contributed by atoms with Crippen LogP contribution in [0.1, 0.15) is 41.7 Å². The molecule has 2 atom stereocenters. The van der Waals surface area contributed by atoms with Gasteiger partial charge in [0.25, 0.3) is 0 Å². The molecule has 2 heterocycles. The highest BCUT2D eigenvalue weighted by molar-refractivity contribution is 5.30. The Bertz CT molecular complexity index is 583. The number of methoxy groups -OCH3 is 1. The van der Waals surface area contributed by atoms with Gasteiger partial charge in [-0.1, -0.05) is 6.07 Å². The maximum Gasteiger partial charge on any atom is 0.212 e. The zero-order valence-electron chi connectivity index (χ0n) is 11.5. The van der Waals surface area contributed by atoms with E-state index in [2.05, 4.69) is 16.0 Å². The highest BCUT2D eigenvalue weighted by Gasteiger charge is 2.28. The molecule has 2 unspecified atom stereocenters. The number of aromatic nitrogens is 2. The van der Waals surface area contributed by atoms with Crippen molar-refractivity contribution in [1.29, 1.82) is 0 Å². The van der Waals surface area contributed by atoms with E-state index in [1.54, 1.807) is 25.6 Å². The van der Waals surface area contributed by atoms with E-state index in [0.29, 0.717) is 5.88 Å². The molecule has 0 amide bonds. The molecule has 1 aliphatic rings. The van der Waals surface area contributed by atoms with Crippen LogP contribution >= 0.6 is 0 Å². The number of rotatable bonds is 3. The van der Waals surface area contributed by atoms with E-state index >= 15 is 0 Å². The molecule has 1 aliphatic carbocycles. The van der Waals surface area contributed by atoms with Gasteiger partial charge in [0.15, 0.2) is 0 Å². The van der Waals surface area contributed by atoms with Crippen molar-refractivity contribution in [2.75, 3.05) is 7.11 Å². The summed E-state index contributed by atoms with van der Waals surface area (Å²) in [7, 11) is 1.58. The van der Waals surface area contributed by atoms with E-state index in [1.807, 2.05) is 12.1 Å². The van der Waals surface area contributed by atoms with E-state index in [1.165, 1.54) is 5.56 Å². The first kappa shape index (κ1) is 13.1. The highest BCUT2D eigenvalue weighted by atomic mass is 16.5. The monoisotopic (exact) mass is 270 g/mol. The lowest BCUT2D eigenvalue weighted by molar-refractivity contribution is 0.133. The van der Waals surface area contributed by atoms with Gasteiger partial charge in [-0.2, -0.15) is 0 Å². The summed E-state index contributed by atoms with van der Waals surface area (Å²) in [6.45, 7) is 0. The number of hydrogen-bond donors (Lipinski definition) is 1. The van der Waals surface area contributed by atoms with Gasteiger partial charge in [0, 0.05) is 30.1 Å². The fourth-order valence-corrected chi connectivity index (χ4v) is 2.87. The first-order chi connectivity index (χ1) is 9.79. The average molecular weight is 270 g/mol. The number of aliphatic hydroxyl groups excluding tert-OH is 1. The van der Waals surface area contributed by atoms with Gasteiger partial charge in [-0.3, -0.25) is 4.98 Å². The van der Waals surface area contributed by atoms with Gasteiger partial charge >= 0.3 is 0 Å². The van der Waals surface area contributed by atoms with Crippen LogP contribution in [0.5, 0.6) is 5.88 Å². The van der Waals surface area contributed by atoms with E-state index in [-0.39, 0.29) is 5.92 Å². The summed E-state index contributed by atoms with van der Waals surface area (Å²) in [6, 6.07) is 7.71. The van der Waals surface area contributed by atoms with Gasteiger partial charge in [0.05, 0.1) is 13.2 Å². The lowest BCUT2D eigenvalue weighted by atomic mass is 9.81. The Hall–Kier alpha value is -1.94. The van der Waals surface area contributed by atoms with Gasteiger partial charge in [0.2, 0.25) is 5.88 Å². The largest absolute Gasteiger partial charge is 0.481 e. The minimum absolute atomic E-state index is 0.0511. The average Bonchev–Trinajstić information content (AvgIpc) is 2.54. The third-order valence-corrected chi connectivity index (χ3v) is 3.93. The lowest BCUT2D eigenvalue weighted by Gasteiger charge is -2.28. The van der Waals surface area contributed by atoms with E-state index in [4.69, 9.17) is 4.74 Å². The van der Waals surface area contributed by atoms with Crippen molar-refractivity contribution >= 4 is 0 Å². The minimum atomic E-state index is -0.567. The molecule has 0 saturated heterocycles. The van der Waals surface area contributed by atoms with E-state index in [0.717, 1.165) is 30.5 Å². The molecule has 2 aromatic rings. The Kier molecular flexibility index (Phi) is 3.65. The zero-order chi connectivity index (χ0) is 13.9. The van der Waals surface area contributed by atoms with E-state index in [9.17, 15) is 5.11 Å². The van der Waals surface area contributed by atoms with Crippen LogP contribution in [0.15, 0.2) is 36.7 Å². The third-order valence-electron chi connectivity index (χ3n) is 3.93. The molecule has 0 radical (unpaired) electrons. The molecule has 0 bridgehead atoms. The fraction of sp³-hybridized carbons (Fsp3) is 0.375. The fourth-order valence-electron chi connectivity index (χ4n) is 2.87. The quantitative estimate of drug-likeness (QED) is 0.931. The molecular formula is C16H18N2O2. The zero-order valence-corrected chi connectivity index (χ0v) is 11.5. The summed E-state index contributed by atoms with van der Waals surface area (Å²) < 4.78 is 5.05. The van der Waals surface area contributed by atoms with Crippen molar-refractivity contribution in [3.63, 3.8) is 0 Å². The van der Waals surface area contributed by atoms with Crippen LogP contribution in [-0.2, 0) is 6.42 Å². The van der Waals surface area contributed by atoms with Crippen LogP contribution in [0, 0.1) is 0 Å². The van der Waals surface area contributed by atoms with Crippen LogP contribution in [0.3, 0.4) is 0 Å². The summed E-state index contributed by atoms with van der Waals surface area (Å²) >= 11 is 0. The number of aryl methyl sites for hydroxylation is 1. The van der Waals surface area contributed by atoms with Gasteiger partial charge in [-0.25, -0.2) is 4.98 Å². The predicted octanol–water partition coefficient (Wildman–Crippen LogP) is 2.64. The molecule has 20 heavy (non-hydrogen) atoms. The van der Waals surface area contributed by atoms with Crippen molar-refractivity contribution in [3.8, 4) is 5.88 Å². The summed E-state index contributed by atoms with van der Waals surface area (Å²) in [5, 5.41) is 10.6. The number of ether oxygens (including phenoxy) is 1. The molecule has 0 aliphatic heterocycles. The Morgan fingerprint density at radius 2 is 2.20 bits per heavy atom. The van der Waals surface area contributed by atoms with Crippen LogP contribution < -0.4 is 4.74 Å². The highest BCUT2D eigenvalue weighted by Crippen LogP contribution is 2.38. The summed E-state index contributed by atoms with van der Waals surface area (Å²) in [5.74, 6) is 0.610. The van der Waals surface area contributed by atoms with Crippen LogP contribution in [0.4, 0.5) is 0 Å². The second-order valence-corrected chi connectivity index (χ2v) is 5.13. The molecular weight excluding hydrogens is 252 g/mol. The molecule has 2 aromatic heterocycles. The van der Waals surface area contributed by atoms with Gasteiger partial charge < -0.3 is 9.84 Å². The number of pyridine rings is 2. The standard InChI is InChI=1S/C16H18N2O2/c1-20-14-8-7-12(10-18-14)16(19)13-6-2-4-11-5-3-9-17-15(11)13/h3,5,7-10,13,16,19H,2,4,6H2,1H3. The maximum absolute atomic E-state index is 10.6. The molecule has 0 aromatic carbocycles. The third kappa shape index (κ3) is 2.39. The lowest BCUT2D eigenvalue weighted by Crippen LogP contribution is -2.18. The molecule has 3 rings (SSSR count). The van der Waals surface area contributed by atoms with Gasteiger partial charge in [-0.05, 0) is 42.5 Å². The van der Waals surface area contributed by atoms with Gasteiger partial charge in [0.1, 0.15) is 0 Å². The van der Waals surface area contributed by atoms with Crippen LogP contribution in [0.25, 0.3) is 0 Å². The molecule has 0 saturated carbocycles. The molecule has 0 fully saturated rings. The van der Waals surface area contributed by atoms with Crippen molar-refractivity contribution in [1.82, 2.24) is 9.97 Å². The first-order valence-corrected chi connectivity index (χ1v) is 6.91. The summed E-state index contributed by atoms with van der Waals surface area (Å²) in [6.07, 6.45) is 6.01. The molecule has 1 N–H and O–H groups in total. The van der Waals surface area contributed by atoms with Crippen molar-refractivity contribution in [2.24, 2.45) is 0 Å². The van der Waals surface area contributed by atoms with Crippen molar-refractivity contribution in [3.05, 3.63) is 53.5 Å². The van der Waals surface area contributed by atoms with Crippen molar-refractivity contribution in [2.45, 2.75) is 31.3 Å². The number of hydrogen-bond acceptors (Lipinski definition) is 4. The van der Waals surface area contributed by atoms with Crippen molar-refractivity contribution < 1.29 is 9.84 Å². The topological polar surface area (TPSA) is 55.2 Å². The SMILES string of the molecule is COc1ccc(C(O)C2CCCc3cccnc32)cn1. The Morgan fingerprint density at radius 3 is 2.95 bits per heavy atom. The number of fused-ring (bicyclic) bond motifs is 1. The Labute approximate surface area is 118 Å². The second-order valence-electron chi connectivity index (χ2n) is 5.13. The first-order valence-electron chi connectivity index (χ1n) is 6.91. The Balaban J connectivity index is 1.89. The summed E-state index contributed by atoms with van der Waals surface area (Å²) in [4.78, 5) is 8.64. The second kappa shape index (κ2) is 5.59. The van der Waals surface area contributed by atoms with Crippen LogP contribution in [0.2, 0.25) is 0 Å². The smallest absolute Gasteiger partial charge is 0.212 e. The number of aliphatic hydroxyl groups is 1. The van der Waals surface area contributed by atoms with Crippen LogP contribution in [-0.4, -0.2) is 22.2 Å². The molecule has 4 heteroatoms. The van der Waals surface area contributed by atoms with Gasteiger partial charge in [-0.15, -0.1) is 0 Å². The summed E-state index contributed by atoms with van der Waals surface area (Å²) in [5.41, 5.74) is 3.10.